The van der Waals surface area contributed by atoms with E-state index in [1.165, 1.54) is 12.1 Å². The van der Waals surface area contributed by atoms with Gasteiger partial charge in [0, 0.05) is 37.2 Å². The van der Waals surface area contributed by atoms with Crippen molar-refractivity contribution in [1.82, 2.24) is 10.2 Å². The van der Waals surface area contributed by atoms with Crippen molar-refractivity contribution in [3.8, 4) is 0 Å². The molecule has 2 N–H and O–H groups in total. The summed E-state index contributed by atoms with van der Waals surface area (Å²) in [4.78, 5) is 26.1. The Hall–Kier alpha value is -1.66. The van der Waals surface area contributed by atoms with Crippen LogP contribution in [0.25, 0.3) is 0 Å². The third-order valence-corrected chi connectivity index (χ3v) is 4.38. The number of carbonyl (C=O) groups excluding carboxylic acids is 2. The van der Waals surface area contributed by atoms with Crippen molar-refractivity contribution in [1.29, 1.82) is 0 Å². The normalized spacial score (nSPS) is 20.2. The van der Waals surface area contributed by atoms with Crippen LogP contribution in [0.4, 0.5) is 10.1 Å². The van der Waals surface area contributed by atoms with Crippen LogP contribution < -0.4 is 10.6 Å². The molecule has 1 aromatic carbocycles. The topological polar surface area (TPSA) is 61.4 Å². The largest absolute Gasteiger partial charge is 0.333 e. The highest BCUT2D eigenvalue weighted by atomic mass is 35.5. The molecule has 0 saturated carbocycles. The fraction of sp³-hybridized carbons (Fsp3) is 0.556. The highest BCUT2D eigenvalue weighted by Gasteiger charge is 2.29. The van der Waals surface area contributed by atoms with Crippen LogP contribution in [0.3, 0.4) is 0 Å². The van der Waals surface area contributed by atoms with E-state index in [-0.39, 0.29) is 47.9 Å². The number of halogens is 2. The first-order chi connectivity index (χ1) is 11.3. The Morgan fingerprint density at radius 3 is 2.64 bits per heavy atom. The molecule has 1 heterocycles. The molecule has 2 atom stereocenters. The number of nitrogens with zero attached hydrogens (tertiary/aromatic N) is 1. The smallest absolute Gasteiger partial charge is 0.254 e. The Bertz CT molecular complexity index is 624. The summed E-state index contributed by atoms with van der Waals surface area (Å²) < 4.78 is 14.3. The molecule has 0 bridgehead atoms. The summed E-state index contributed by atoms with van der Waals surface area (Å²) in [6.45, 7) is 9.17. The van der Waals surface area contributed by atoms with Crippen molar-refractivity contribution in [2.75, 3.05) is 18.4 Å². The maximum absolute atomic E-state index is 14.3. The standard InChI is InChI=1S/C18H26FN3O2.ClH/c1-11(2)9-17(23)21-16-6-5-14(10-15(16)19)18(24)22-8-7-20-12(3)13(22)4;/h5-6,10-13,20H,7-9H2,1-4H3,(H,21,23);1H. The Morgan fingerprint density at radius 1 is 1.36 bits per heavy atom. The van der Waals surface area contributed by atoms with Crippen molar-refractivity contribution >= 4 is 29.9 Å². The van der Waals surface area contributed by atoms with E-state index in [0.29, 0.717) is 18.5 Å². The van der Waals surface area contributed by atoms with E-state index in [9.17, 15) is 14.0 Å². The number of hydrogen-bond acceptors (Lipinski definition) is 3. The second kappa shape index (κ2) is 9.15. The SMILES string of the molecule is CC(C)CC(=O)Nc1ccc(C(=O)N2CCNC(C)C2C)cc1F.Cl. The zero-order valence-corrected chi connectivity index (χ0v) is 16.0. The number of carbonyl (C=O) groups is 2. The van der Waals surface area contributed by atoms with Gasteiger partial charge in [0.15, 0.2) is 0 Å². The van der Waals surface area contributed by atoms with E-state index in [1.54, 1.807) is 11.0 Å². The van der Waals surface area contributed by atoms with Gasteiger partial charge in [-0.2, -0.15) is 0 Å². The molecular weight excluding hydrogens is 345 g/mol. The molecule has 0 aliphatic carbocycles. The molecule has 2 rings (SSSR count). The van der Waals surface area contributed by atoms with Crippen LogP contribution >= 0.6 is 12.4 Å². The van der Waals surface area contributed by atoms with Crippen molar-refractivity contribution in [2.24, 2.45) is 5.92 Å². The predicted octanol–water partition coefficient (Wildman–Crippen LogP) is 3.05. The van der Waals surface area contributed by atoms with Gasteiger partial charge in [0.25, 0.3) is 5.91 Å². The van der Waals surface area contributed by atoms with E-state index in [1.807, 2.05) is 27.7 Å². The Morgan fingerprint density at radius 2 is 2.04 bits per heavy atom. The maximum atomic E-state index is 14.3. The first-order valence-corrected chi connectivity index (χ1v) is 8.43. The summed E-state index contributed by atoms with van der Waals surface area (Å²) >= 11 is 0. The van der Waals surface area contributed by atoms with Crippen LogP contribution in [-0.2, 0) is 4.79 Å². The van der Waals surface area contributed by atoms with Gasteiger partial charge in [-0.15, -0.1) is 12.4 Å². The molecule has 5 nitrogen and oxygen atoms in total. The van der Waals surface area contributed by atoms with Crippen LogP contribution in [0, 0.1) is 11.7 Å². The summed E-state index contributed by atoms with van der Waals surface area (Å²) in [7, 11) is 0. The van der Waals surface area contributed by atoms with E-state index in [2.05, 4.69) is 10.6 Å². The zero-order chi connectivity index (χ0) is 17.9. The minimum Gasteiger partial charge on any atom is -0.333 e. The van der Waals surface area contributed by atoms with Crippen molar-refractivity contribution < 1.29 is 14.0 Å². The summed E-state index contributed by atoms with van der Waals surface area (Å²) in [5.74, 6) is -0.804. The van der Waals surface area contributed by atoms with Gasteiger partial charge in [0.2, 0.25) is 5.91 Å². The molecule has 1 saturated heterocycles. The van der Waals surface area contributed by atoms with E-state index in [4.69, 9.17) is 0 Å². The quantitative estimate of drug-likeness (QED) is 0.855. The van der Waals surface area contributed by atoms with Gasteiger partial charge in [-0.25, -0.2) is 4.39 Å². The van der Waals surface area contributed by atoms with Gasteiger partial charge in [-0.05, 0) is 38.0 Å². The number of benzene rings is 1. The summed E-state index contributed by atoms with van der Waals surface area (Å²) in [6.07, 6.45) is 0.330. The lowest BCUT2D eigenvalue weighted by Gasteiger charge is -2.38. The molecule has 0 aromatic heterocycles. The van der Waals surface area contributed by atoms with E-state index in [0.717, 1.165) is 6.54 Å². The highest BCUT2D eigenvalue weighted by Crippen LogP contribution is 2.20. The average Bonchev–Trinajstić information content (AvgIpc) is 2.50. The number of hydrogen-bond donors (Lipinski definition) is 2. The molecule has 2 amide bonds. The third kappa shape index (κ3) is 5.41. The first-order valence-electron chi connectivity index (χ1n) is 8.43. The number of rotatable bonds is 4. The summed E-state index contributed by atoms with van der Waals surface area (Å²) in [5.41, 5.74) is 0.411. The molecule has 0 spiro atoms. The summed E-state index contributed by atoms with van der Waals surface area (Å²) in [6, 6.07) is 4.46. The lowest BCUT2D eigenvalue weighted by Crippen LogP contribution is -2.57. The second-order valence-electron chi connectivity index (χ2n) is 6.82. The van der Waals surface area contributed by atoms with E-state index < -0.39 is 5.82 Å². The number of nitrogens with one attached hydrogen (secondary N) is 2. The predicted molar refractivity (Wildman–Crippen MR) is 99.7 cm³/mol. The molecule has 1 fully saturated rings. The van der Waals surface area contributed by atoms with Crippen LogP contribution in [0.5, 0.6) is 0 Å². The minimum atomic E-state index is -0.589. The fourth-order valence-electron chi connectivity index (χ4n) is 2.83. The van der Waals surface area contributed by atoms with Crippen molar-refractivity contribution in [3.05, 3.63) is 29.6 Å². The maximum Gasteiger partial charge on any atom is 0.254 e. The van der Waals surface area contributed by atoms with Gasteiger partial charge in [-0.3, -0.25) is 9.59 Å². The number of anilines is 1. The van der Waals surface area contributed by atoms with Crippen LogP contribution in [-0.4, -0.2) is 41.9 Å². The van der Waals surface area contributed by atoms with Gasteiger partial charge in [0.05, 0.1) is 5.69 Å². The lowest BCUT2D eigenvalue weighted by atomic mass is 10.0. The number of piperazine rings is 1. The monoisotopic (exact) mass is 371 g/mol. The lowest BCUT2D eigenvalue weighted by molar-refractivity contribution is -0.116. The molecule has 2 unspecified atom stereocenters. The van der Waals surface area contributed by atoms with Gasteiger partial charge in [0.1, 0.15) is 5.82 Å². The second-order valence-corrected chi connectivity index (χ2v) is 6.82. The van der Waals surface area contributed by atoms with Gasteiger partial charge >= 0.3 is 0 Å². The Labute approximate surface area is 154 Å². The summed E-state index contributed by atoms with van der Waals surface area (Å²) in [5, 5.41) is 5.86. The third-order valence-electron chi connectivity index (χ3n) is 4.38. The molecule has 1 aliphatic heterocycles. The van der Waals surface area contributed by atoms with Crippen LogP contribution in [0.2, 0.25) is 0 Å². The number of amides is 2. The van der Waals surface area contributed by atoms with Gasteiger partial charge < -0.3 is 15.5 Å². The minimum absolute atomic E-state index is 0. The Balaban J connectivity index is 0.00000312. The zero-order valence-electron chi connectivity index (χ0n) is 15.1. The van der Waals surface area contributed by atoms with Crippen LogP contribution in [0.15, 0.2) is 18.2 Å². The fourth-order valence-corrected chi connectivity index (χ4v) is 2.83. The highest BCUT2D eigenvalue weighted by molar-refractivity contribution is 5.96. The Kier molecular flexibility index (Phi) is 7.83. The van der Waals surface area contributed by atoms with Gasteiger partial charge in [-0.1, -0.05) is 13.8 Å². The van der Waals surface area contributed by atoms with Crippen molar-refractivity contribution in [2.45, 2.75) is 46.2 Å². The molecule has 7 heteroatoms. The van der Waals surface area contributed by atoms with Crippen LogP contribution in [0.1, 0.15) is 44.5 Å². The molecule has 0 radical (unpaired) electrons. The molecular formula is C18H27ClFN3O2. The molecule has 25 heavy (non-hydrogen) atoms. The van der Waals surface area contributed by atoms with E-state index >= 15 is 0 Å². The van der Waals surface area contributed by atoms with Crippen molar-refractivity contribution in [3.63, 3.8) is 0 Å². The molecule has 140 valence electrons. The first kappa shape index (κ1) is 21.4. The molecule has 1 aromatic rings. The molecule has 1 aliphatic rings. The average molecular weight is 372 g/mol.